The maximum Gasteiger partial charge on any atom is 0.408 e. The quantitative estimate of drug-likeness (QED) is 0.156. The average Bonchev–Trinajstić information content (AvgIpc) is 3.06. The van der Waals surface area contributed by atoms with Gasteiger partial charge in [0, 0.05) is 13.1 Å². The molecular formula is C33H36BrN5O12. The molecule has 3 aromatic rings. The molecule has 0 radical (unpaired) electrons. The SMILES string of the molecule is CNC(=O)[C@@H]1NC(=O)[C@H](c2ccc(OC)c(Br)c2)NC(=O)[C@H](NC(=O)OC(C)(C)C)c2cc(O)c(OC)c(c2)Oc2ccc(cc2[N+](=O)[O-])[C@@H]1O. The maximum atomic E-state index is 14.2. The Morgan fingerprint density at radius 1 is 0.961 bits per heavy atom. The highest BCUT2D eigenvalue weighted by Crippen LogP contribution is 2.44. The number of phenolic OH excluding ortho intramolecular Hbond substituents is 1. The van der Waals surface area contributed by atoms with E-state index in [4.69, 9.17) is 18.9 Å². The van der Waals surface area contributed by atoms with Crippen LogP contribution < -0.4 is 35.5 Å². The van der Waals surface area contributed by atoms with Crippen LogP contribution in [0.25, 0.3) is 0 Å². The summed E-state index contributed by atoms with van der Waals surface area (Å²) in [6.07, 6.45) is -2.91. The van der Waals surface area contributed by atoms with Crippen molar-refractivity contribution in [2.75, 3.05) is 21.3 Å². The number of hydrogen-bond acceptors (Lipinski definition) is 12. The lowest BCUT2D eigenvalue weighted by Crippen LogP contribution is -2.53. The summed E-state index contributed by atoms with van der Waals surface area (Å²) in [5.74, 6) is -4.05. The van der Waals surface area contributed by atoms with Gasteiger partial charge in [0.1, 0.15) is 35.6 Å². The first-order chi connectivity index (χ1) is 24.0. The van der Waals surface area contributed by atoms with Crippen LogP contribution in [0.5, 0.6) is 28.7 Å². The number of likely N-dealkylation sites (N-methyl/N-ethyl adjacent to an activating group) is 1. The lowest BCUT2D eigenvalue weighted by atomic mass is 9.98. The van der Waals surface area contributed by atoms with Gasteiger partial charge in [-0.25, -0.2) is 4.79 Å². The smallest absolute Gasteiger partial charge is 0.408 e. The highest BCUT2D eigenvalue weighted by atomic mass is 79.9. The van der Waals surface area contributed by atoms with Gasteiger partial charge in [0.2, 0.25) is 29.2 Å². The van der Waals surface area contributed by atoms with Gasteiger partial charge in [-0.1, -0.05) is 12.1 Å². The van der Waals surface area contributed by atoms with Crippen molar-refractivity contribution < 1.29 is 53.3 Å². The van der Waals surface area contributed by atoms with E-state index in [1.165, 1.54) is 51.6 Å². The van der Waals surface area contributed by atoms with Gasteiger partial charge in [-0.05, 0) is 83.7 Å². The lowest BCUT2D eigenvalue weighted by molar-refractivity contribution is -0.385. The van der Waals surface area contributed by atoms with E-state index in [0.29, 0.717) is 10.2 Å². The van der Waals surface area contributed by atoms with E-state index in [2.05, 4.69) is 37.2 Å². The van der Waals surface area contributed by atoms with Gasteiger partial charge >= 0.3 is 11.8 Å². The summed E-state index contributed by atoms with van der Waals surface area (Å²) in [6, 6.07) is 5.00. The number of nitrogens with one attached hydrogen (secondary N) is 4. The van der Waals surface area contributed by atoms with Gasteiger partial charge in [0.15, 0.2) is 11.5 Å². The number of phenols is 1. The number of halogens is 1. The number of carbonyl (C=O) groups excluding carboxylic acids is 4. The average molecular weight is 775 g/mol. The number of carbonyl (C=O) groups is 4. The number of rotatable bonds is 6. The van der Waals surface area contributed by atoms with Gasteiger partial charge < -0.3 is 50.4 Å². The number of methoxy groups -OCH3 is 2. The molecule has 0 saturated carbocycles. The van der Waals surface area contributed by atoms with Crippen LogP contribution in [0.4, 0.5) is 10.5 Å². The first-order valence-electron chi connectivity index (χ1n) is 15.2. The van der Waals surface area contributed by atoms with E-state index < -0.39 is 70.0 Å². The molecule has 0 spiro atoms. The summed E-state index contributed by atoms with van der Waals surface area (Å²) in [5.41, 5.74) is -1.78. The molecule has 0 aliphatic carbocycles. The Labute approximate surface area is 299 Å². The molecule has 4 bridgehead atoms. The topological polar surface area (TPSA) is 237 Å². The van der Waals surface area contributed by atoms with E-state index in [0.717, 1.165) is 18.2 Å². The van der Waals surface area contributed by atoms with Crippen molar-refractivity contribution in [3.8, 4) is 28.7 Å². The Kier molecular flexibility index (Phi) is 11.6. The molecule has 2 heterocycles. The third kappa shape index (κ3) is 8.76. The van der Waals surface area contributed by atoms with Gasteiger partial charge in [-0.3, -0.25) is 24.5 Å². The summed E-state index contributed by atoms with van der Waals surface area (Å²) < 4.78 is 22.2. The van der Waals surface area contributed by atoms with Crippen molar-refractivity contribution in [3.05, 3.63) is 79.8 Å². The number of nitrogens with zero attached hydrogens (tertiary/aromatic N) is 1. The van der Waals surface area contributed by atoms with Crippen LogP contribution in [-0.2, 0) is 19.1 Å². The fraction of sp³-hybridized carbons (Fsp3) is 0.333. The monoisotopic (exact) mass is 773 g/mol. The van der Waals surface area contributed by atoms with Crippen molar-refractivity contribution in [3.63, 3.8) is 0 Å². The predicted octanol–water partition coefficient (Wildman–Crippen LogP) is 3.57. The van der Waals surface area contributed by atoms with Crippen molar-refractivity contribution >= 4 is 45.4 Å². The largest absolute Gasteiger partial charge is 0.504 e. The van der Waals surface area contributed by atoms with E-state index in [1.807, 2.05) is 0 Å². The van der Waals surface area contributed by atoms with Crippen LogP contribution in [0.15, 0.2) is 53.0 Å². The molecule has 0 aromatic heterocycles. The van der Waals surface area contributed by atoms with Crippen molar-refractivity contribution in [1.82, 2.24) is 21.3 Å². The Bertz CT molecular complexity index is 1860. The number of aliphatic hydroxyl groups excluding tert-OH is 1. The zero-order valence-electron chi connectivity index (χ0n) is 28.2. The highest BCUT2D eigenvalue weighted by molar-refractivity contribution is 9.10. The number of hydrogen-bond donors (Lipinski definition) is 6. The van der Waals surface area contributed by atoms with E-state index in [9.17, 15) is 39.5 Å². The summed E-state index contributed by atoms with van der Waals surface area (Å²) >= 11 is 3.35. The molecule has 6 N–H and O–H groups in total. The zero-order chi connectivity index (χ0) is 37.8. The fourth-order valence-corrected chi connectivity index (χ4v) is 5.67. The van der Waals surface area contributed by atoms with Crippen molar-refractivity contribution in [2.24, 2.45) is 0 Å². The lowest BCUT2D eigenvalue weighted by Gasteiger charge is -2.29. The number of nitro groups is 1. The van der Waals surface area contributed by atoms with Crippen LogP contribution in [0, 0.1) is 10.1 Å². The maximum absolute atomic E-state index is 14.2. The molecule has 0 saturated heterocycles. The Morgan fingerprint density at radius 3 is 2.24 bits per heavy atom. The van der Waals surface area contributed by atoms with Crippen LogP contribution in [0.1, 0.15) is 55.6 Å². The number of ether oxygens (including phenoxy) is 4. The molecule has 3 aromatic carbocycles. The number of amides is 4. The number of aliphatic hydroxyl groups is 1. The van der Waals surface area contributed by atoms with Crippen LogP contribution in [0.3, 0.4) is 0 Å². The number of benzene rings is 3. The zero-order valence-corrected chi connectivity index (χ0v) is 29.8. The molecule has 272 valence electrons. The summed E-state index contributed by atoms with van der Waals surface area (Å²) in [5, 5.41) is 44.3. The van der Waals surface area contributed by atoms with Crippen LogP contribution in [-0.4, -0.2) is 71.9 Å². The van der Waals surface area contributed by atoms with Crippen molar-refractivity contribution in [2.45, 2.75) is 50.6 Å². The molecule has 0 fully saturated rings. The standard InChI is InChI=1S/C33H36BrN5O12/c1-33(2,3)51-32(45)38-25-17-13-20(40)28(49-6)23(14-17)50-22-10-8-16(12-19(22)39(46)47)27(41)26(29(42)35-4)37-30(43)24(36-31(25)44)15-7-9-21(48-5)18(34)11-15/h7-14,24-27,40-41H,1-6H3,(H,35,42)(H,36,44)(H,37,43)(H,38,45)/t24-,25+,26+,27-/m0/s1. The Hall–Kier alpha value is -5.62. The molecule has 2 aliphatic heterocycles. The highest BCUT2D eigenvalue weighted by Gasteiger charge is 2.37. The molecule has 0 unspecified atom stereocenters. The summed E-state index contributed by atoms with van der Waals surface area (Å²) in [6.45, 7) is 4.77. The fourth-order valence-electron chi connectivity index (χ4n) is 5.11. The van der Waals surface area contributed by atoms with Gasteiger partial charge in [-0.15, -0.1) is 0 Å². The van der Waals surface area contributed by atoms with Crippen LogP contribution >= 0.6 is 15.9 Å². The van der Waals surface area contributed by atoms with E-state index in [1.54, 1.807) is 20.8 Å². The molecule has 2 aliphatic rings. The molecule has 4 amide bonds. The number of alkyl carbamates (subject to hydrolysis) is 1. The minimum atomic E-state index is -1.85. The summed E-state index contributed by atoms with van der Waals surface area (Å²) in [7, 11) is 3.87. The normalized spacial score (nSPS) is 19.1. The van der Waals surface area contributed by atoms with E-state index >= 15 is 0 Å². The van der Waals surface area contributed by atoms with Crippen LogP contribution in [0.2, 0.25) is 0 Å². The van der Waals surface area contributed by atoms with Crippen molar-refractivity contribution in [1.29, 1.82) is 0 Å². The van der Waals surface area contributed by atoms with Gasteiger partial charge in [-0.2, -0.15) is 0 Å². The van der Waals surface area contributed by atoms with E-state index in [-0.39, 0.29) is 33.9 Å². The second-order valence-electron chi connectivity index (χ2n) is 12.1. The minimum absolute atomic E-state index is 0.119. The third-order valence-electron chi connectivity index (χ3n) is 7.46. The minimum Gasteiger partial charge on any atom is -0.504 e. The Morgan fingerprint density at radius 2 is 1.65 bits per heavy atom. The molecular weight excluding hydrogens is 738 g/mol. The number of nitro benzene ring substituents is 1. The Balaban J connectivity index is 2.01. The number of fused-ring (bicyclic) bond motifs is 9. The number of aromatic hydroxyl groups is 1. The van der Waals surface area contributed by atoms with Gasteiger partial charge in [0.25, 0.3) is 0 Å². The second-order valence-corrected chi connectivity index (χ2v) is 13.0. The molecule has 5 rings (SSSR count). The first kappa shape index (κ1) is 38.2. The molecule has 17 nitrogen and oxygen atoms in total. The molecule has 51 heavy (non-hydrogen) atoms. The first-order valence-corrected chi connectivity index (χ1v) is 16.0. The summed E-state index contributed by atoms with van der Waals surface area (Å²) in [4.78, 5) is 65.9. The van der Waals surface area contributed by atoms with Gasteiger partial charge in [0.05, 0.1) is 23.6 Å². The molecule has 18 heteroatoms. The predicted molar refractivity (Wildman–Crippen MR) is 182 cm³/mol. The third-order valence-corrected chi connectivity index (χ3v) is 8.08. The molecule has 4 atom stereocenters. The second kappa shape index (κ2) is 15.5.